The van der Waals surface area contributed by atoms with Gasteiger partial charge in [-0.2, -0.15) is 11.3 Å². The lowest BCUT2D eigenvalue weighted by atomic mass is 9.70. The van der Waals surface area contributed by atoms with Gasteiger partial charge in [-0.1, -0.05) is 30.3 Å². The molecule has 0 spiro atoms. The van der Waals surface area contributed by atoms with Gasteiger partial charge in [0.1, 0.15) is 0 Å². The number of esters is 1. The van der Waals surface area contributed by atoms with Crippen LogP contribution in [0.25, 0.3) is 0 Å². The number of nitrogens with zero attached hydrogens (tertiary/aromatic N) is 1. The number of ether oxygens (including phenoxy) is 1. The van der Waals surface area contributed by atoms with Gasteiger partial charge < -0.3 is 4.74 Å². The van der Waals surface area contributed by atoms with Gasteiger partial charge in [-0.05, 0) is 60.6 Å². The van der Waals surface area contributed by atoms with E-state index in [-0.39, 0.29) is 12.0 Å². The van der Waals surface area contributed by atoms with Crippen molar-refractivity contribution in [2.45, 2.75) is 51.2 Å². The minimum atomic E-state index is -0.393. The highest BCUT2D eigenvalue weighted by atomic mass is 32.1. The molecule has 2 aromatic rings. The molecule has 0 amide bonds. The second kappa shape index (κ2) is 6.93. The second-order valence-electron chi connectivity index (χ2n) is 7.29. The summed E-state index contributed by atoms with van der Waals surface area (Å²) in [5.41, 5.74) is 2.20. The Morgan fingerprint density at radius 3 is 2.80 bits per heavy atom. The van der Waals surface area contributed by atoms with Gasteiger partial charge in [0.05, 0.1) is 12.0 Å². The number of hydrogen-bond donors (Lipinski definition) is 0. The molecule has 2 bridgehead atoms. The number of rotatable bonds is 6. The fourth-order valence-electron chi connectivity index (χ4n) is 4.86. The highest BCUT2D eigenvalue weighted by Gasteiger charge is 2.60. The second-order valence-corrected chi connectivity index (χ2v) is 8.07. The van der Waals surface area contributed by atoms with Crippen molar-refractivity contribution in [3.05, 3.63) is 58.3 Å². The summed E-state index contributed by atoms with van der Waals surface area (Å²) in [4.78, 5) is 15.6. The van der Waals surface area contributed by atoms with Crippen molar-refractivity contribution in [3.8, 4) is 0 Å². The SMILES string of the molecule is CCOC(=O)[C@]1(Cc2ccccc2)C[C@@H]2CC[C@H]1N2Cc1ccsc1. The first kappa shape index (κ1) is 16.8. The van der Waals surface area contributed by atoms with Gasteiger partial charge >= 0.3 is 5.97 Å². The van der Waals surface area contributed by atoms with Crippen molar-refractivity contribution in [2.24, 2.45) is 5.41 Å². The van der Waals surface area contributed by atoms with Crippen LogP contribution in [0.5, 0.6) is 0 Å². The summed E-state index contributed by atoms with van der Waals surface area (Å²) in [6, 6.07) is 13.4. The van der Waals surface area contributed by atoms with Crippen LogP contribution in [-0.2, 0) is 22.5 Å². The largest absolute Gasteiger partial charge is 0.466 e. The van der Waals surface area contributed by atoms with E-state index in [1.165, 1.54) is 17.5 Å². The summed E-state index contributed by atoms with van der Waals surface area (Å²) >= 11 is 1.74. The molecule has 2 aliphatic heterocycles. The van der Waals surface area contributed by atoms with E-state index in [1.807, 2.05) is 13.0 Å². The Morgan fingerprint density at radius 1 is 1.24 bits per heavy atom. The lowest BCUT2D eigenvalue weighted by Crippen LogP contribution is -2.46. The zero-order valence-corrected chi connectivity index (χ0v) is 15.5. The number of fused-ring (bicyclic) bond motifs is 2. The van der Waals surface area contributed by atoms with Crippen molar-refractivity contribution < 1.29 is 9.53 Å². The van der Waals surface area contributed by atoms with E-state index in [9.17, 15) is 4.79 Å². The van der Waals surface area contributed by atoms with E-state index in [0.29, 0.717) is 12.6 Å². The van der Waals surface area contributed by atoms with E-state index in [0.717, 1.165) is 25.8 Å². The predicted octanol–water partition coefficient (Wildman–Crippen LogP) is 4.28. The first-order valence-corrected chi connectivity index (χ1v) is 10.1. The summed E-state index contributed by atoms with van der Waals surface area (Å²) < 4.78 is 5.57. The molecule has 1 aromatic carbocycles. The van der Waals surface area contributed by atoms with Crippen LogP contribution < -0.4 is 0 Å². The first-order chi connectivity index (χ1) is 12.2. The lowest BCUT2D eigenvalue weighted by Gasteiger charge is -2.35. The van der Waals surface area contributed by atoms with E-state index in [1.54, 1.807) is 11.3 Å². The minimum Gasteiger partial charge on any atom is -0.466 e. The van der Waals surface area contributed by atoms with Crippen molar-refractivity contribution in [3.63, 3.8) is 0 Å². The molecule has 2 fully saturated rings. The van der Waals surface area contributed by atoms with Crippen LogP contribution in [0.1, 0.15) is 37.3 Å². The highest BCUT2D eigenvalue weighted by Crippen LogP contribution is 2.52. The Labute approximate surface area is 153 Å². The molecule has 0 aliphatic carbocycles. The van der Waals surface area contributed by atoms with Crippen molar-refractivity contribution in [1.82, 2.24) is 4.90 Å². The number of hydrogen-bond acceptors (Lipinski definition) is 4. The molecule has 132 valence electrons. The Morgan fingerprint density at radius 2 is 2.08 bits per heavy atom. The number of benzene rings is 1. The normalized spacial score (nSPS) is 28.4. The number of thiophene rings is 1. The topological polar surface area (TPSA) is 29.5 Å². The molecule has 4 rings (SSSR count). The Hall–Kier alpha value is -1.65. The van der Waals surface area contributed by atoms with Gasteiger partial charge in [0, 0.05) is 18.6 Å². The summed E-state index contributed by atoms with van der Waals surface area (Å²) in [5.74, 6) is 0.00127. The summed E-state index contributed by atoms with van der Waals surface area (Å²) in [6.45, 7) is 3.32. The maximum absolute atomic E-state index is 13.1. The molecule has 3 atom stereocenters. The van der Waals surface area contributed by atoms with E-state index in [4.69, 9.17) is 4.74 Å². The molecule has 1 aromatic heterocycles. The third kappa shape index (κ3) is 3.02. The standard InChI is InChI=1S/C21H25NO2S/c1-2-24-20(23)21(12-16-6-4-3-5-7-16)13-18-8-9-19(21)22(18)14-17-10-11-25-15-17/h3-7,10-11,15,18-19H,2,8-9,12-14H2,1H3/t18-,19+,21+/m0/s1. The van der Waals surface area contributed by atoms with Crippen molar-refractivity contribution in [1.29, 1.82) is 0 Å². The van der Waals surface area contributed by atoms with Crippen LogP contribution in [0.3, 0.4) is 0 Å². The molecule has 0 N–H and O–H groups in total. The summed E-state index contributed by atoms with van der Waals surface area (Å²) in [6.07, 6.45) is 4.01. The number of carbonyl (C=O) groups excluding carboxylic acids is 1. The quantitative estimate of drug-likeness (QED) is 0.725. The smallest absolute Gasteiger partial charge is 0.314 e. The van der Waals surface area contributed by atoms with Crippen molar-refractivity contribution >= 4 is 17.3 Å². The van der Waals surface area contributed by atoms with Crippen LogP contribution in [0.15, 0.2) is 47.2 Å². The molecule has 0 unspecified atom stereocenters. The zero-order valence-electron chi connectivity index (χ0n) is 14.7. The third-order valence-corrected chi connectivity index (χ3v) is 6.60. The average molecular weight is 356 g/mol. The maximum atomic E-state index is 13.1. The summed E-state index contributed by atoms with van der Waals surface area (Å²) in [5, 5.41) is 4.36. The fraction of sp³-hybridized carbons (Fsp3) is 0.476. The molecule has 0 saturated carbocycles. The van der Waals surface area contributed by atoms with Gasteiger partial charge in [0.25, 0.3) is 0 Å². The van der Waals surface area contributed by atoms with Gasteiger partial charge in [-0.15, -0.1) is 0 Å². The third-order valence-electron chi connectivity index (χ3n) is 5.87. The van der Waals surface area contributed by atoms with Gasteiger partial charge in [-0.25, -0.2) is 0 Å². The van der Waals surface area contributed by atoms with E-state index < -0.39 is 5.41 Å². The molecule has 0 radical (unpaired) electrons. The van der Waals surface area contributed by atoms with Gasteiger partial charge in [0.15, 0.2) is 0 Å². The minimum absolute atomic E-state index is 0.00127. The highest BCUT2D eigenvalue weighted by molar-refractivity contribution is 7.07. The summed E-state index contributed by atoms with van der Waals surface area (Å²) in [7, 11) is 0. The maximum Gasteiger partial charge on any atom is 0.314 e. The zero-order chi connectivity index (χ0) is 17.3. The molecular weight excluding hydrogens is 330 g/mol. The Bertz CT molecular complexity index is 715. The van der Waals surface area contributed by atoms with E-state index >= 15 is 0 Å². The monoisotopic (exact) mass is 355 g/mol. The van der Waals surface area contributed by atoms with Gasteiger partial charge in [0.2, 0.25) is 0 Å². The van der Waals surface area contributed by atoms with Crippen LogP contribution in [0.4, 0.5) is 0 Å². The van der Waals surface area contributed by atoms with Crippen molar-refractivity contribution in [2.75, 3.05) is 6.61 Å². The fourth-order valence-corrected chi connectivity index (χ4v) is 5.51. The predicted molar refractivity (Wildman–Crippen MR) is 101 cm³/mol. The molecule has 3 nitrogen and oxygen atoms in total. The average Bonchev–Trinajstić information content (AvgIpc) is 3.33. The Kier molecular flexibility index (Phi) is 4.65. The molecule has 4 heteroatoms. The van der Waals surface area contributed by atoms with Crippen LogP contribution in [0.2, 0.25) is 0 Å². The number of carbonyl (C=O) groups is 1. The van der Waals surface area contributed by atoms with Gasteiger partial charge in [-0.3, -0.25) is 9.69 Å². The molecule has 2 saturated heterocycles. The lowest BCUT2D eigenvalue weighted by molar-refractivity contribution is -0.157. The van der Waals surface area contributed by atoms with Crippen LogP contribution >= 0.6 is 11.3 Å². The van der Waals surface area contributed by atoms with E-state index in [2.05, 4.69) is 46.0 Å². The van der Waals surface area contributed by atoms with Crippen LogP contribution in [-0.4, -0.2) is 29.6 Å². The first-order valence-electron chi connectivity index (χ1n) is 9.21. The van der Waals surface area contributed by atoms with Crippen LogP contribution in [0, 0.1) is 5.41 Å². The molecule has 3 heterocycles. The molecule has 2 aliphatic rings. The Balaban J connectivity index is 1.63. The molecule has 25 heavy (non-hydrogen) atoms. The molecular formula is C21H25NO2S.